The lowest BCUT2D eigenvalue weighted by Crippen LogP contribution is -2.31. The Morgan fingerprint density at radius 2 is 2.23 bits per heavy atom. The summed E-state index contributed by atoms with van der Waals surface area (Å²) in [6.45, 7) is 9.34. The number of rotatable bonds is 3. The molecule has 76 valence electrons. The molecular weight excluding hydrogens is 164 g/mol. The Morgan fingerprint density at radius 1 is 1.62 bits per heavy atom. The summed E-state index contributed by atoms with van der Waals surface area (Å²) in [5, 5.41) is 12.9. The molecule has 0 aromatic heterocycles. The van der Waals surface area contributed by atoms with Crippen molar-refractivity contribution in [2.45, 2.75) is 45.7 Å². The van der Waals surface area contributed by atoms with Crippen molar-refractivity contribution in [3.8, 4) is 0 Å². The highest BCUT2D eigenvalue weighted by atomic mass is 16.5. The summed E-state index contributed by atoms with van der Waals surface area (Å²) in [7, 11) is 0. The Balaban J connectivity index is 2.41. The third-order valence-electron chi connectivity index (χ3n) is 2.52. The van der Waals surface area contributed by atoms with Crippen molar-refractivity contribution in [2.24, 2.45) is 5.92 Å². The zero-order chi connectivity index (χ0) is 10.1. The monoisotopic (exact) mass is 185 g/mol. The van der Waals surface area contributed by atoms with Crippen LogP contribution in [-0.4, -0.2) is 34.3 Å². The van der Waals surface area contributed by atoms with E-state index in [2.05, 4.69) is 33.0 Å². The van der Waals surface area contributed by atoms with Crippen LogP contribution in [-0.2, 0) is 0 Å². The van der Waals surface area contributed by atoms with Crippen molar-refractivity contribution in [2.75, 3.05) is 6.54 Å². The molecule has 0 saturated carbocycles. The van der Waals surface area contributed by atoms with Gasteiger partial charge in [-0.3, -0.25) is 5.21 Å². The average molecular weight is 185 g/mol. The summed E-state index contributed by atoms with van der Waals surface area (Å²) >= 11 is 0. The molecule has 1 atom stereocenters. The Bertz CT molecular complexity index is 209. The third kappa shape index (κ3) is 2.69. The molecule has 0 amide bonds. The predicted octanol–water partition coefficient (Wildman–Crippen LogP) is 1.26. The molecule has 13 heavy (non-hydrogen) atoms. The third-order valence-corrected chi connectivity index (χ3v) is 2.52. The second-order valence-electron chi connectivity index (χ2n) is 4.83. The van der Waals surface area contributed by atoms with Gasteiger partial charge in [0.05, 0.1) is 5.92 Å². The lowest BCUT2D eigenvalue weighted by Gasteiger charge is -2.13. The fraction of sp³-hybridized carbons (Fsp3) is 0.900. The lowest BCUT2D eigenvalue weighted by atomic mass is 9.96. The van der Waals surface area contributed by atoms with E-state index in [1.54, 1.807) is 0 Å². The Labute approximate surface area is 80.4 Å². The Morgan fingerprint density at radius 3 is 2.62 bits per heavy atom. The number of nitrogens with one attached hydrogen (secondary N) is 1. The maximum atomic E-state index is 9.54. The van der Waals surface area contributed by atoms with Crippen molar-refractivity contribution < 1.29 is 9.95 Å². The smallest absolute Gasteiger partial charge is 0.206 e. The maximum absolute atomic E-state index is 9.54. The van der Waals surface area contributed by atoms with Gasteiger partial charge in [0, 0.05) is 32.9 Å². The van der Waals surface area contributed by atoms with E-state index in [-0.39, 0.29) is 5.54 Å². The molecule has 3 nitrogen and oxygen atoms in total. The largest absolute Gasteiger partial charge is 0.314 e. The van der Waals surface area contributed by atoms with E-state index in [4.69, 9.17) is 0 Å². The first-order chi connectivity index (χ1) is 5.92. The molecule has 0 aromatic rings. The van der Waals surface area contributed by atoms with Crippen LogP contribution in [0.1, 0.15) is 34.1 Å². The van der Waals surface area contributed by atoms with Gasteiger partial charge in [0.25, 0.3) is 0 Å². The standard InChI is InChI=1S/C10H21N2O/c1-8(2)11-6-9-5-10(3,4)12(13)7-9/h7-9,11,13H,5-6H2,1-4H3/q+1. The molecule has 1 aliphatic rings. The molecule has 1 aliphatic heterocycles. The van der Waals surface area contributed by atoms with Crippen molar-refractivity contribution in [3.05, 3.63) is 0 Å². The summed E-state index contributed by atoms with van der Waals surface area (Å²) in [5.41, 5.74) is -0.0939. The van der Waals surface area contributed by atoms with Gasteiger partial charge in [-0.05, 0) is 4.74 Å². The molecule has 3 heteroatoms. The minimum Gasteiger partial charge on any atom is -0.314 e. The van der Waals surface area contributed by atoms with Crippen LogP contribution >= 0.6 is 0 Å². The van der Waals surface area contributed by atoms with E-state index < -0.39 is 0 Å². The molecule has 0 fully saturated rings. The van der Waals surface area contributed by atoms with E-state index in [1.807, 2.05) is 6.21 Å². The van der Waals surface area contributed by atoms with Gasteiger partial charge in [-0.25, -0.2) is 0 Å². The van der Waals surface area contributed by atoms with Crippen molar-refractivity contribution in [1.29, 1.82) is 0 Å². The predicted molar refractivity (Wildman–Crippen MR) is 53.4 cm³/mol. The molecule has 1 heterocycles. The van der Waals surface area contributed by atoms with Crippen LogP contribution in [0.4, 0.5) is 0 Å². The Kier molecular flexibility index (Phi) is 2.96. The number of nitrogens with zero attached hydrogens (tertiary/aromatic N) is 1. The summed E-state index contributed by atoms with van der Waals surface area (Å²) in [6.07, 6.45) is 2.93. The number of hydrogen-bond acceptors (Lipinski definition) is 2. The van der Waals surface area contributed by atoms with Gasteiger partial charge in [-0.15, -0.1) is 0 Å². The topological polar surface area (TPSA) is 35.3 Å². The number of hydrogen-bond donors (Lipinski definition) is 2. The lowest BCUT2D eigenvalue weighted by molar-refractivity contribution is -0.814. The minimum atomic E-state index is -0.0939. The van der Waals surface area contributed by atoms with E-state index in [0.717, 1.165) is 13.0 Å². The summed E-state index contributed by atoms with van der Waals surface area (Å²) in [5.74, 6) is 0.461. The van der Waals surface area contributed by atoms with Crippen molar-refractivity contribution in [1.82, 2.24) is 5.32 Å². The molecule has 0 aliphatic carbocycles. The summed E-state index contributed by atoms with van der Waals surface area (Å²) in [4.78, 5) is 0. The maximum Gasteiger partial charge on any atom is 0.206 e. The van der Waals surface area contributed by atoms with E-state index >= 15 is 0 Å². The highest BCUT2D eigenvalue weighted by Gasteiger charge is 2.41. The van der Waals surface area contributed by atoms with Crippen LogP contribution in [0.2, 0.25) is 0 Å². The Hall–Kier alpha value is -0.570. The quantitative estimate of drug-likeness (QED) is 0.513. The van der Waals surface area contributed by atoms with E-state index in [1.165, 1.54) is 4.74 Å². The fourth-order valence-electron chi connectivity index (χ4n) is 1.70. The van der Waals surface area contributed by atoms with Gasteiger partial charge in [0.2, 0.25) is 5.54 Å². The molecule has 0 radical (unpaired) electrons. The number of hydroxylamine groups is 1. The second-order valence-corrected chi connectivity index (χ2v) is 4.83. The zero-order valence-electron chi connectivity index (χ0n) is 9.04. The van der Waals surface area contributed by atoms with Gasteiger partial charge in [-0.2, -0.15) is 0 Å². The van der Waals surface area contributed by atoms with E-state index in [0.29, 0.717) is 12.0 Å². The molecule has 0 saturated heterocycles. The first-order valence-corrected chi connectivity index (χ1v) is 4.98. The SMILES string of the molecule is CC(C)NCC1C=[N+](O)C(C)(C)C1. The van der Waals surface area contributed by atoms with Gasteiger partial charge in [-0.1, -0.05) is 13.8 Å². The van der Waals surface area contributed by atoms with Gasteiger partial charge in [0.1, 0.15) is 0 Å². The molecule has 0 aromatic carbocycles. The molecule has 2 N–H and O–H groups in total. The summed E-state index contributed by atoms with van der Waals surface area (Å²) < 4.78 is 1.35. The average Bonchev–Trinajstić information content (AvgIpc) is 2.22. The van der Waals surface area contributed by atoms with Crippen LogP contribution in [0, 0.1) is 5.92 Å². The zero-order valence-corrected chi connectivity index (χ0v) is 9.04. The van der Waals surface area contributed by atoms with Crippen LogP contribution < -0.4 is 5.32 Å². The first kappa shape index (κ1) is 10.5. The van der Waals surface area contributed by atoms with Crippen LogP contribution in [0.3, 0.4) is 0 Å². The van der Waals surface area contributed by atoms with Crippen molar-refractivity contribution in [3.63, 3.8) is 0 Å². The molecule has 1 unspecified atom stereocenters. The molecular formula is C10H21N2O+. The van der Waals surface area contributed by atoms with Crippen LogP contribution in [0.5, 0.6) is 0 Å². The first-order valence-electron chi connectivity index (χ1n) is 4.98. The fourth-order valence-corrected chi connectivity index (χ4v) is 1.70. The molecule has 0 spiro atoms. The highest BCUT2D eigenvalue weighted by Crippen LogP contribution is 2.23. The van der Waals surface area contributed by atoms with E-state index in [9.17, 15) is 5.21 Å². The van der Waals surface area contributed by atoms with Gasteiger partial charge >= 0.3 is 0 Å². The summed E-state index contributed by atoms with van der Waals surface area (Å²) in [6, 6.07) is 0.518. The van der Waals surface area contributed by atoms with Crippen LogP contribution in [0.25, 0.3) is 0 Å². The van der Waals surface area contributed by atoms with Crippen molar-refractivity contribution >= 4 is 6.21 Å². The molecule has 1 rings (SSSR count). The van der Waals surface area contributed by atoms with Gasteiger partial charge in [0.15, 0.2) is 6.21 Å². The van der Waals surface area contributed by atoms with Gasteiger partial charge < -0.3 is 5.32 Å². The molecule has 0 bridgehead atoms. The normalized spacial score (nSPS) is 26.5. The second kappa shape index (κ2) is 3.66. The highest BCUT2D eigenvalue weighted by molar-refractivity contribution is 5.57. The minimum absolute atomic E-state index is 0.0939. The van der Waals surface area contributed by atoms with Crippen LogP contribution in [0.15, 0.2) is 0 Å².